The van der Waals surface area contributed by atoms with Gasteiger partial charge in [0.05, 0.1) is 17.3 Å². The number of benzene rings is 1. The molecular formula is C14H20N2O4S. The zero-order valence-electron chi connectivity index (χ0n) is 12.3. The van der Waals surface area contributed by atoms with Gasteiger partial charge in [-0.3, -0.25) is 0 Å². The average molecular weight is 312 g/mol. The van der Waals surface area contributed by atoms with Gasteiger partial charge in [0, 0.05) is 0 Å². The molecule has 0 spiro atoms. The van der Waals surface area contributed by atoms with Crippen LogP contribution in [0.15, 0.2) is 24.3 Å². The lowest BCUT2D eigenvalue weighted by Crippen LogP contribution is -2.54. The smallest absolute Gasteiger partial charge is 0.407 e. The molecule has 2 rings (SSSR count). The number of ether oxygens (including phenoxy) is 1. The third-order valence-corrected chi connectivity index (χ3v) is 5.31. The predicted molar refractivity (Wildman–Crippen MR) is 79.4 cm³/mol. The van der Waals surface area contributed by atoms with Crippen LogP contribution >= 0.6 is 0 Å². The van der Waals surface area contributed by atoms with Crippen LogP contribution in [0.1, 0.15) is 31.0 Å². The zero-order chi connectivity index (χ0) is 15.6. The maximum absolute atomic E-state index is 12.0. The molecule has 1 aromatic carbocycles. The van der Waals surface area contributed by atoms with E-state index in [1.165, 1.54) is 0 Å². The van der Waals surface area contributed by atoms with E-state index in [0.717, 1.165) is 11.1 Å². The minimum Gasteiger partial charge on any atom is -0.448 e. The van der Waals surface area contributed by atoms with Crippen LogP contribution in [0.4, 0.5) is 4.79 Å². The predicted octanol–water partition coefficient (Wildman–Crippen LogP) is 1.47. The molecule has 0 aromatic heterocycles. The number of aryl methyl sites for hydroxylation is 1. The van der Waals surface area contributed by atoms with Crippen LogP contribution in [-0.2, 0) is 14.8 Å². The summed E-state index contributed by atoms with van der Waals surface area (Å²) in [5.41, 5.74) is 1.94. The maximum Gasteiger partial charge on any atom is 0.407 e. The van der Waals surface area contributed by atoms with Crippen LogP contribution in [0.25, 0.3) is 0 Å². The molecule has 2 N–H and O–H groups in total. The molecule has 2 atom stereocenters. The highest BCUT2D eigenvalue weighted by Gasteiger charge is 2.34. The lowest BCUT2D eigenvalue weighted by Gasteiger charge is -2.33. The number of nitrogens with one attached hydrogen (secondary N) is 2. The summed E-state index contributed by atoms with van der Waals surface area (Å²) < 4.78 is 31.6. The van der Waals surface area contributed by atoms with Crippen molar-refractivity contribution in [3.05, 3.63) is 35.4 Å². The number of hydrogen-bond donors (Lipinski definition) is 2. The molecule has 1 saturated heterocycles. The molecule has 1 aliphatic rings. The fraction of sp³-hybridized carbons (Fsp3) is 0.500. The molecule has 116 valence electrons. The molecule has 6 nitrogen and oxygen atoms in total. The fourth-order valence-electron chi connectivity index (χ4n) is 2.07. The Hall–Kier alpha value is -1.60. The molecule has 1 fully saturated rings. The molecule has 7 heteroatoms. The maximum atomic E-state index is 12.0. The summed E-state index contributed by atoms with van der Waals surface area (Å²) in [6, 6.07) is 6.62. The van der Waals surface area contributed by atoms with Crippen LogP contribution in [0.5, 0.6) is 0 Å². The van der Waals surface area contributed by atoms with Crippen molar-refractivity contribution in [3.8, 4) is 0 Å². The van der Waals surface area contributed by atoms with Crippen LogP contribution in [0.3, 0.4) is 0 Å². The number of sulfonamides is 1. The summed E-state index contributed by atoms with van der Waals surface area (Å²) in [5.74, 6) is 0. The van der Waals surface area contributed by atoms with Gasteiger partial charge < -0.3 is 10.1 Å². The SMILES string of the molecule is Cc1ccc(C2NC(=O)OCC2NS(=O)(=O)C(C)C)cc1. The van der Waals surface area contributed by atoms with Crippen molar-refractivity contribution in [2.45, 2.75) is 38.1 Å². The van der Waals surface area contributed by atoms with Crippen molar-refractivity contribution in [3.63, 3.8) is 0 Å². The normalized spacial score (nSPS) is 22.8. The Labute approximate surface area is 124 Å². The second-order valence-electron chi connectivity index (χ2n) is 5.45. The first kappa shape index (κ1) is 15.8. The monoisotopic (exact) mass is 312 g/mol. The first-order valence-corrected chi connectivity index (χ1v) is 8.35. The number of rotatable bonds is 4. The molecule has 1 amide bonds. The van der Waals surface area contributed by atoms with Gasteiger partial charge >= 0.3 is 6.09 Å². The minimum absolute atomic E-state index is 0.0102. The van der Waals surface area contributed by atoms with E-state index in [1.807, 2.05) is 31.2 Å². The van der Waals surface area contributed by atoms with E-state index < -0.39 is 33.5 Å². The first-order valence-electron chi connectivity index (χ1n) is 6.80. The van der Waals surface area contributed by atoms with Crippen LogP contribution in [-0.4, -0.2) is 32.4 Å². The van der Waals surface area contributed by atoms with Crippen molar-refractivity contribution in [1.82, 2.24) is 10.0 Å². The first-order chi connectivity index (χ1) is 9.79. The Bertz CT molecular complexity index is 610. The van der Waals surface area contributed by atoms with E-state index in [9.17, 15) is 13.2 Å². The third kappa shape index (κ3) is 3.74. The van der Waals surface area contributed by atoms with Crippen molar-refractivity contribution >= 4 is 16.1 Å². The second kappa shape index (κ2) is 6.03. The van der Waals surface area contributed by atoms with Gasteiger partial charge in [-0.2, -0.15) is 0 Å². The standard InChI is InChI=1S/C14H20N2O4S/c1-9(2)21(18,19)16-12-8-20-14(17)15-13(12)11-6-4-10(3)5-7-11/h4-7,9,12-13,16H,8H2,1-3H3,(H,15,17). The fourth-order valence-corrected chi connectivity index (χ4v) is 2.97. The van der Waals surface area contributed by atoms with Gasteiger partial charge in [0.2, 0.25) is 10.0 Å². The summed E-state index contributed by atoms with van der Waals surface area (Å²) in [7, 11) is -3.45. The van der Waals surface area contributed by atoms with Gasteiger partial charge in [-0.05, 0) is 26.3 Å². The van der Waals surface area contributed by atoms with E-state index in [0.29, 0.717) is 0 Å². The molecule has 1 aromatic rings. The largest absolute Gasteiger partial charge is 0.448 e. The van der Waals surface area contributed by atoms with Crippen LogP contribution in [0.2, 0.25) is 0 Å². The molecular weight excluding hydrogens is 292 g/mol. The van der Waals surface area contributed by atoms with Crippen LogP contribution in [0, 0.1) is 6.92 Å². The number of cyclic esters (lactones) is 1. The third-order valence-electron chi connectivity index (χ3n) is 3.44. The summed E-state index contributed by atoms with van der Waals surface area (Å²) in [6.07, 6.45) is -0.541. The second-order valence-corrected chi connectivity index (χ2v) is 7.72. The van der Waals surface area contributed by atoms with Crippen LogP contribution < -0.4 is 10.0 Å². The highest BCUT2D eigenvalue weighted by atomic mass is 32.2. The number of amides is 1. The van der Waals surface area contributed by atoms with Gasteiger partial charge in [0.25, 0.3) is 0 Å². The highest BCUT2D eigenvalue weighted by molar-refractivity contribution is 7.90. The van der Waals surface area contributed by atoms with Crippen molar-refractivity contribution in [1.29, 1.82) is 0 Å². The van der Waals surface area contributed by atoms with E-state index >= 15 is 0 Å². The number of carbonyl (C=O) groups excluding carboxylic acids is 1. The molecule has 0 radical (unpaired) electrons. The molecule has 1 aliphatic heterocycles. The lowest BCUT2D eigenvalue weighted by molar-refractivity contribution is 0.0996. The number of carbonyl (C=O) groups is 1. The van der Waals surface area contributed by atoms with Crippen molar-refractivity contribution in [2.24, 2.45) is 0 Å². The van der Waals surface area contributed by atoms with Crippen molar-refractivity contribution < 1.29 is 17.9 Å². The zero-order valence-corrected chi connectivity index (χ0v) is 13.1. The van der Waals surface area contributed by atoms with Gasteiger partial charge in [-0.15, -0.1) is 0 Å². The molecule has 0 aliphatic carbocycles. The van der Waals surface area contributed by atoms with Gasteiger partial charge in [0.1, 0.15) is 6.61 Å². The van der Waals surface area contributed by atoms with Crippen molar-refractivity contribution in [2.75, 3.05) is 6.61 Å². The van der Waals surface area contributed by atoms with E-state index in [1.54, 1.807) is 13.8 Å². The van der Waals surface area contributed by atoms with E-state index in [2.05, 4.69) is 10.0 Å². The summed E-state index contributed by atoms with van der Waals surface area (Å²) in [5, 5.41) is 2.13. The topological polar surface area (TPSA) is 84.5 Å². The van der Waals surface area contributed by atoms with Gasteiger partial charge in [-0.25, -0.2) is 17.9 Å². The summed E-state index contributed by atoms with van der Waals surface area (Å²) in [6.45, 7) is 5.18. The number of alkyl carbamates (subject to hydrolysis) is 1. The lowest BCUT2D eigenvalue weighted by atomic mass is 9.99. The van der Waals surface area contributed by atoms with Gasteiger partial charge in [0.15, 0.2) is 0 Å². The van der Waals surface area contributed by atoms with E-state index in [4.69, 9.17) is 4.74 Å². The molecule has 2 unspecified atom stereocenters. The quantitative estimate of drug-likeness (QED) is 0.882. The molecule has 0 saturated carbocycles. The Balaban J connectivity index is 2.25. The van der Waals surface area contributed by atoms with Gasteiger partial charge in [-0.1, -0.05) is 29.8 Å². The minimum atomic E-state index is -3.45. The Morgan fingerprint density at radius 2 is 1.90 bits per heavy atom. The highest BCUT2D eigenvalue weighted by Crippen LogP contribution is 2.22. The summed E-state index contributed by atoms with van der Waals surface area (Å²) >= 11 is 0. The average Bonchev–Trinajstić information content (AvgIpc) is 2.41. The summed E-state index contributed by atoms with van der Waals surface area (Å²) in [4.78, 5) is 11.4. The Morgan fingerprint density at radius 1 is 1.29 bits per heavy atom. The Morgan fingerprint density at radius 3 is 2.48 bits per heavy atom. The Kier molecular flexibility index (Phi) is 4.53. The molecule has 21 heavy (non-hydrogen) atoms. The van der Waals surface area contributed by atoms with E-state index in [-0.39, 0.29) is 6.61 Å². The molecule has 1 heterocycles. The number of hydrogen-bond acceptors (Lipinski definition) is 4. The molecule has 0 bridgehead atoms.